The van der Waals surface area contributed by atoms with Gasteiger partial charge < -0.3 is 15.0 Å². The summed E-state index contributed by atoms with van der Waals surface area (Å²) in [4.78, 5) is 7.78. The average molecular weight is 257 g/mol. The minimum Gasteiger partial charge on any atom is -0.491 e. The molecule has 0 amide bonds. The second-order valence-electron chi connectivity index (χ2n) is 5.62. The fourth-order valence-corrected chi connectivity index (χ4v) is 3.31. The van der Waals surface area contributed by atoms with Crippen LogP contribution in [0.4, 0.5) is 5.69 Å². The number of aromatic amines is 1. The second kappa shape index (κ2) is 4.44. The number of nitrogens with one attached hydrogen (secondary N) is 2. The highest BCUT2D eigenvalue weighted by Crippen LogP contribution is 2.38. The normalized spacial score (nSPS) is 19.4. The largest absolute Gasteiger partial charge is 0.491 e. The molecule has 4 rings (SSSR count). The lowest BCUT2D eigenvalue weighted by Gasteiger charge is -2.17. The average Bonchev–Trinajstić information content (AvgIpc) is 3.01. The SMILES string of the molecule is c1nc2[nH]cc3c2c(c1NC1CCCC1)OCCC3. The van der Waals surface area contributed by atoms with Gasteiger partial charge in [-0.2, -0.15) is 0 Å². The lowest BCUT2D eigenvalue weighted by atomic mass is 10.1. The summed E-state index contributed by atoms with van der Waals surface area (Å²) in [6.45, 7) is 0.799. The van der Waals surface area contributed by atoms with E-state index in [1.54, 1.807) is 0 Å². The van der Waals surface area contributed by atoms with Gasteiger partial charge in [0.05, 0.1) is 23.9 Å². The molecule has 1 fully saturated rings. The smallest absolute Gasteiger partial charge is 0.155 e. The van der Waals surface area contributed by atoms with Gasteiger partial charge in [0.2, 0.25) is 0 Å². The van der Waals surface area contributed by atoms with Gasteiger partial charge in [0.25, 0.3) is 0 Å². The Kier molecular flexibility index (Phi) is 2.60. The Hall–Kier alpha value is -1.71. The summed E-state index contributed by atoms with van der Waals surface area (Å²) in [5.74, 6) is 1.01. The van der Waals surface area contributed by atoms with E-state index < -0.39 is 0 Å². The number of aromatic nitrogens is 2. The van der Waals surface area contributed by atoms with E-state index in [9.17, 15) is 0 Å². The Morgan fingerprint density at radius 2 is 2.16 bits per heavy atom. The first kappa shape index (κ1) is 11.1. The molecule has 1 aliphatic heterocycles. The minimum absolute atomic E-state index is 0.588. The molecule has 4 heteroatoms. The second-order valence-corrected chi connectivity index (χ2v) is 5.62. The third kappa shape index (κ3) is 1.86. The fraction of sp³-hybridized carbons (Fsp3) is 0.533. The van der Waals surface area contributed by atoms with Crippen LogP contribution in [0, 0.1) is 0 Å². The van der Waals surface area contributed by atoms with E-state index in [1.807, 2.05) is 6.20 Å². The van der Waals surface area contributed by atoms with Gasteiger partial charge in [-0.1, -0.05) is 12.8 Å². The number of pyridine rings is 1. The van der Waals surface area contributed by atoms with Crippen molar-refractivity contribution in [1.82, 2.24) is 9.97 Å². The van der Waals surface area contributed by atoms with Gasteiger partial charge >= 0.3 is 0 Å². The van der Waals surface area contributed by atoms with Crippen LogP contribution in [0.2, 0.25) is 0 Å². The van der Waals surface area contributed by atoms with E-state index in [-0.39, 0.29) is 0 Å². The van der Waals surface area contributed by atoms with Crippen molar-refractivity contribution in [1.29, 1.82) is 0 Å². The van der Waals surface area contributed by atoms with Gasteiger partial charge in [0.15, 0.2) is 5.75 Å². The Bertz CT molecular complexity index is 599. The molecule has 0 spiro atoms. The van der Waals surface area contributed by atoms with Crippen molar-refractivity contribution in [2.45, 2.75) is 44.6 Å². The summed E-state index contributed by atoms with van der Waals surface area (Å²) in [7, 11) is 0. The minimum atomic E-state index is 0.588. The van der Waals surface area contributed by atoms with Crippen molar-refractivity contribution in [3.8, 4) is 5.75 Å². The number of ether oxygens (including phenoxy) is 1. The van der Waals surface area contributed by atoms with E-state index >= 15 is 0 Å². The molecule has 0 aromatic carbocycles. The number of aryl methyl sites for hydroxylation is 1. The molecular formula is C15H19N3O. The van der Waals surface area contributed by atoms with Crippen molar-refractivity contribution in [2.24, 2.45) is 0 Å². The van der Waals surface area contributed by atoms with Gasteiger partial charge in [-0.05, 0) is 31.2 Å². The van der Waals surface area contributed by atoms with Gasteiger partial charge in [-0.15, -0.1) is 0 Å². The van der Waals surface area contributed by atoms with Crippen LogP contribution < -0.4 is 10.1 Å². The van der Waals surface area contributed by atoms with Gasteiger partial charge in [0, 0.05) is 12.2 Å². The summed E-state index contributed by atoms with van der Waals surface area (Å²) >= 11 is 0. The maximum Gasteiger partial charge on any atom is 0.155 e. The Labute approximate surface area is 112 Å². The molecule has 3 heterocycles. The van der Waals surface area contributed by atoms with Crippen molar-refractivity contribution < 1.29 is 4.74 Å². The highest BCUT2D eigenvalue weighted by molar-refractivity contribution is 5.91. The molecule has 2 N–H and O–H groups in total. The van der Waals surface area contributed by atoms with Crippen LogP contribution in [0.5, 0.6) is 5.75 Å². The van der Waals surface area contributed by atoms with Crippen LogP contribution in [0.15, 0.2) is 12.4 Å². The Morgan fingerprint density at radius 1 is 1.26 bits per heavy atom. The van der Waals surface area contributed by atoms with E-state index in [0.29, 0.717) is 6.04 Å². The molecule has 0 bridgehead atoms. The van der Waals surface area contributed by atoms with E-state index in [4.69, 9.17) is 4.74 Å². The number of hydrogen-bond acceptors (Lipinski definition) is 3. The molecule has 2 aromatic rings. The zero-order valence-corrected chi connectivity index (χ0v) is 11.0. The van der Waals surface area contributed by atoms with Gasteiger partial charge in [-0.3, -0.25) is 0 Å². The van der Waals surface area contributed by atoms with E-state index in [0.717, 1.165) is 36.5 Å². The van der Waals surface area contributed by atoms with Crippen LogP contribution in [0.1, 0.15) is 37.7 Å². The lowest BCUT2D eigenvalue weighted by Crippen LogP contribution is -2.15. The molecular weight excluding hydrogens is 238 g/mol. The first-order valence-electron chi connectivity index (χ1n) is 7.30. The molecule has 19 heavy (non-hydrogen) atoms. The molecule has 0 atom stereocenters. The highest BCUT2D eigenvalue weighted by atomic mass is 16.5. The quantitative estimate of drug-likeness (QED) is 0.868. The zero-order valence-electron chi connectivity index (χ0n) is 11.0. The number of hydrogen-bond donors (Lipinski definition) is 2. The maximum absolute atomic E-state index is 6.00. The Balaban J connectivity index is 1.78. The van der Waals surface area contributed by atoms with Crippen LogP contribution in [0.25, 0.3) is 11.0 Å². The zero-order chi connectivity index (χ0) is 12.7. The molecule has 2 aromatic heterocycles. The lowest BCUT2D eigenvalue weighted by molar-refractivity contribution is 0.320. The first-order chi connectivity index (χ1) is 9.42. The fourth-order valence-electron chi connectivity index (χ4n) is 3.31. The molecule has 2 aliphatic rings. The molecule has 0 saturated heterocycles. The van der Waals surface area contributed by atoms with Crippen LogP contribution in [0.3, 0.4) is 0 Å². The van der Waals surface area contributed by atoms with Gasteiger partial charge in [0.1, 0.15) is 5.65 Å². The maximum atomic E-state index is 6.00. The van der Waals surface area contributed by atoms with Gasteiger partial charge in [-0.25, -0.2) is 4.98 Å². The number of H-pyrrole nitrogens is 1. The van der Waals surface area contributed by atoms with Crippen molar-refractivity contribution in [3.63, 3.8) is 0 Å². The molecule has 0 unspecified atom stereocenters. The van der Waals surface area contributed by atoms with Crippen LogP contribution in [-0.2, 0) is 6.42 Å². The summed E-state index contributed by atoms with van der Waals surface area (Å²) < 4.78 is 6.00. The highest BCUT2D eigenvalue weighted by Gasteiger charge is 2.21. The summed E-state index contributed by atoms with van der Waals surface area (Å²) in [6, 6.07) is 0.588. The summed E-state index contributed by atoms with van der Waals surface area (Å²) in [5, 5.41) is 4.81. The van der Waals surface area contributed by atoms with Crippen LogP contribution >= 0.6 is 0 Å². The van der Waals surface area contributed by atoms with Crippen LogP contribution in [-0.4, -0.2) is 22.6 Å². The molecule has 1 aliphatic carbocycles. The summed E-state index contributed by atoms with van der Waals surface area (Å²) in [5.41, 5.74) is 3.36. The molecule has 100 valence electrons. The van der Waals surface area contributed by atoms with Crippen molar-refractivity contribution in [3.05, 3.63) is 18.0 Å². The molecule has 4 nitrogen and oxygen atoms in total. The predicted molar refractivity (Wildman–Crippen MR) is 75.8 cm³/mol. The van der Waals surface area contributed by atoms with Crippen molar-refractivity contribution >= 4 is 16.7 Å². The van der Waals surface area contributed by atoms with E-state index in [1.165, 1.54) is 36.6 Å². The standard InChI is InChI=1S/C15H19N3O/c1-2-6-11(5-1)18-12-9-17-15-13-10(8-16-15)4-3-7-19-14(12)13/h8-9,11,18H,1-7H2,(H,16,17). The number of anilines is 1. The molecule has 1 saturated carbocycles. The monoisotopic (exact) mass is 257 g/mol. The number of nitrogens with zero attached hydrogens (tertiary/aromatic N) is 1. The Morgan fingerprint density at radius 3 is 3.05 bits per heavy atom. The third-order valence-electron chi connectivity index (χ3n) is 4.29. The van der Waals surface area contributed by atoms with E-state index in [2.05, 4.69) is 21.5 Å². The molecule has 0 radical (unpaired) electrons. The predicted octanol–water partition coefficient (Wildman–Crippen LogP) is 3.24. The summed E-state index contributed by atoms with van der Waals surface area (Å²) in [6.07, 6.45) is 11.3. The topological polar surface area (TPSA) is 49.9 Å². The third-order valence-corrected chi connectivity index (χ3v) is 4.29. The number of rotatable bonds is 2. The van der Waals surface area contributed by atoms with Crippen molar-refractivity contribution in [2.75, 3.05) is 11.9 Å². The first-order valence-corrected chi connectivity index (χ1v) is 7.30.